The third-order valence-electron chi connectivity index (χ3n) is 2.41. The van der Waals surface area contributed by atoms with E-state index < -0.39 is 0 Å². The molecule has 0 aromatic heterocycles. The van der Waals surface area contributed by atoms with Gasteiger partial charge in [0.2, 0.25) is 5.91 Å². The van der Waals surface area contributed by atoms with Crippen LogP contribution in [0.2, 0.25) is 5.02 Å². The zero-order valence-corrected chi connectivity index (χ0v) is 12.0. The van der Waals surface area contributed by atoms with Crippen LogP contribution in [0, 0.1) is 6.92 Å². The average Bonchev–Trinajstić information content (AvgIpc) is 2.31. The Morgan fingerprint density at radius 2 is 2.22 bits per heavy atom. The largest absolute Gasteiger partial charge is 0.380 e. The first kappa shape index (κ1) is 17.2. The number of benzene rings is 1. The first-order valence-electron chi connectivity index (χ1n) is 5.35. The molecule has 0 saturated carbocycles. The maximum absolute atomic E-state index is 11.7. The number of nitrogens with two attached hydrogens (primary N) is 1. The van der Waals surface area contributed by atoms with E-state index in [0.29, 0.717) is 17.3 Å². The molecule has 1 rings (SSSR count). The molecule has 0 saturated heterocycles. The number of nitrogens with one attached hydrogen (secondary N) is 1. The van der Waals surface area contributed by atoms with Crippen LogP contribution in [0.1, 0.15) is 12.0 Å². The number of aryl methyl sites for hydroxylation is 1. The minimum absolute atomic E-state index is 0. The van der Waals surface area contributed by atoms with Gasteiger partial charge in [-0.15, -0.1) is 12.4 Å². The average molecular weight is 293 g/mol. The summed E-state index contributed by atoms with van der Waals surface area (Å²) < 4.78 is 5.04. The number of carbonyl (C=O) groups is 1. The Hall–Kier alpha value is -0.810. The van der Waals surface area contributed by atoms with Gasteiger partial charge in [0, 0.05) is 13.7 Å². The van der Waals surface area contributed by atoms with E-state index >= 15 is 0 Å². The predicted molar refractivity (Wildman–Crippen MR) is 76.5 cm³/mol. The van der Waals surface area contributed by atoms with Gasteiger partial charge in [0.25, 0.3) is 0 Å². The zero-order chi connectivity index (χ0) is 12.8. The van der Waals surface area contributed by atoms with E-state index in [4.69, 9.17) is 22.1 Å². The number of hydrogen-bond acceptors (Lipinski definition) is 3. The number of methoxy groups -OCH3 is 1. The molecule has 1 amide bonds. The van der Waals surface area contributed by atoms with Gasteiger partial charge in [-0.05, 0) is 24.6 Å². The molecule has 0 heterocycles. The van der Waals surface area contributed by atoms with Gasteiger partial charge in [0.1, 0.15) is 0 Å². The van der Waals surface area contributed by atoms with Crippen LogP contribution in [0.25, 0.3) is 0 Å². The topological polar surface area (TPSA) is 64.3 Å². The second-order valence-corrected chi connectivity index (χ2v) is 4.24. The number of ether oxygens (including phenoxy) is 1. The maximum atomic E-state index is 11.7. The summed E-state index contributed by atoms with van der Waals surface area (Å²) in [4.78, 5) is 11.7. The van der Waals surface area contributed by atoms with Gasteiger partial charge < -0.3 is 15.8 Å². The van der Waals surface area contributed by atoms with Crippen molar-refractivity contribution in [2.75, 3.05) is 19.0 Å². The van der Waals surface area contributed by atoms with Crippen molar-refractivity contribution in [1.82, 2.24) is 0 Å². The van der Waals surface area contributed by atoms with E-state index in [2.05, 4.69) is 5.32 Å². The number of rotatable bonds is 5. The lowest BCUT2D eigenvalue weighted by atomic mass is 10.2. The van der Waals surface area contributed by atoms with Gasteiger partial charge in [-0.3, -0.25) is 4.79 Å². The van der Waals surface area contributed by atoms with E-state index in [1.165, 1.54) is 7.11 Å². The van der Waals surface area contributed by atoms with E-state index in [-0.39, 0.29) is 30.8 Å². The lowest BCUT2D eigenvalue weighted by Gasteiger charge is -2.13. The molecule has 18 heavy (non-hydrogen) atoms. The highest BCUT2D eigenvalue weighted by molar-refractivity contribution is 6.33. The summed E-state index contributed by atoms with van der Waals surface area (Å²) in [7, 11) is 1.53. The van der Waals surface area contributed by atoms with Crippen molar-refractivity contribution in [2.24, 2.45) is 5.73 Å². The fourth-order valence-corrected chi connectivity index (χ4v) is 1.57. The fourth-order valence-electron chi connectivity index (χ4n) is 1.41. The summed E-state index contributed by atoms with van der Waals surface area (Å²) in [5, 5.41) is 3.26. The lowest BCUT2D eigenvalue weighted by Crippen LogP contribution is -2.28. The fraction of sp³-hybridized carbons (Fsp3) is 0.417. The number of hydrogen-bond donors (Lipinski definition) is 2. The number of carbonyl (C=O) groups excluding carboxylic acids is 1. The third kappa shape index (κ3) is 5.23. The SMILES string of the molecule is COC(CN)CC(=O)Nc1cc(C)ccc1Cl.Cl. The van der Waals surface area contributed by atoms with Crippen molar-refractivity contribution in [3.63, 3.8) is 0 Å². The molecule has 102 valence electrons. The Morgan fingerprint density at radius 3 is 2.78 bits per heavy atom. The number of amides is 1. The molecule has 0 aliphatic carbocycles. The molecule has 0 radical (unpaired) electrons. The van der Waals surface area contributed by atoms with Crippen molar-refractivity contribution in [3.8, 4) is 0 Å². The molecule has 0 spiro atoms. The number of anilines is 1. The monoisotopic (exact) mass is 292 g/mol. The maximum Gasteiger partial charge on any atom is 0.227 e. The molecule has 0 fully saturated rings. The molecule has 1 aromatic rings. The van der Waals surface area contributed by atoms with Crippen LogP contribution in [-0.4, -0.2) is 25.7 Å². The van der Waals surface area contributed by atoms with Crippen molar-refractivity contribution in [3.05, 3.63) is 28.8 Å². The standard InChI is InChI=1S/C12H17ClN2O2.ClH/c1-8-3-4-10(13)11(5-8)15-12(16)6-9(7-14)17-2;/h3-5,9H,6-7,14H2,1-2H3,(H,15,16);1H. The van der Waals surface area contributed by atoms with E-state index in [1.807, 2.05) is 19.1 Å². The summed E-state index contributed by atoms with van der Waals surface area (Å²) in [6, 6.07) is 5.46. The lowest BCUT2D eigenvalue weighted by molar-refractivity contribution is -0.118. The van der Waals surface area contributed by atoms with Gasteiger partial charge in [-0.2, -0.15) is 0 Å². The molecule has 1 unspecified atom stereocenters. The van der Waals surface area contributed by atoms with E-state index in [9.17, 15) is 4.79 Å². The summed E-state index contributed by atoms with van der Waals surface area (Å²) >= 11 is 5.97. The van der Waals surface area contributed by atoms with Crippen molar-refractivity contribution in [1.29, 1.82) is 0 Å². The smallest absolute Gasteiger partial charge is 0.227 e. The van der Waals surface area contributed by atoms with Gasteiger partial charge in [0.15, 0.2) is 0 Å². The minimum Gasteiger partial charge on any atom is -0.380 e. The van der Waals surface area contributed by atoms with Gasteiger partial charge in [-0.1, -0.05) is 17.7 Å². The van der Waals surface area contributed by atoms with Crippen LogP contribution in [-0.2, 0) is 9.53 Å². The molecule has 6 heteroatoms. The molecular weight excluding hydrogens is 275 g/mol. The Kier molecular flexibility index (Phi) is 7.95. The Morgan fingerprint density at radius 1 is 1.56 bits per heavy atom. The molecule has 1 aromatic carbocycles. The van der Waals surface area contributed by atoms with Crippen molar-refractivity contribution >= 4 is 35.6 Å². The van der Waals surface area contributed by atoms with Crippen LogP contribution in [0.4, 0.5) is 5.69 Å². The third-order valence-corrected chi connectivity index (χ3v) is 2.73. The van der Waals surface area contributed by atoms with Crippen LogP contribution in [0.3, 0.4) is 0 Å². The van der Waals surface area contributed by atoms with Gasteiger partial charge in [0.05, 0.1) is 23.2 Å². The Labute approximate surface area is 118 Å². The van der Waals surface area contributed by atoms with Crippen LogP contribution in [0.5, 0.6) is 0 Å². The summed E-state index contributed by atoms with van der Waals surface area (Å²) in [5.74, 6) is -0.158. The summed E-state index contributed by atoms with van der Waals surface area (Å²) in [6.07, 6.45) is -0.0457. The molecule has 4 nitrogen and oxygen atoms in total. The first-order valence-corrected chi connectivity index (χ1v) is 5.73. The summed E-state index contributed by atoms with van der Waals surface area (Å²) in [6.45, 7) is 2.25. The van der Waals surface area contributed by atoms with E-state index in [1.54, 1.807) is 6.07 Å². The highest BCUT2D eigenvalue weighted by Gasteiger charge is 2.12. The van der Waals surface area contributed by atoms with Crippen molar-refractivity contribution in [2.45, 2.75) is 19.4 Å². The molecule has 3 N–H and O–H groups in total. The Balaban J connectivity index is 0.00000289. The molecule has 0 bridgehead atoms. The van der Waals surface area contributed by atoms with Crippen LogP contribution < -0.4 is 11.1 Å². The highest BCUT2D eigenvalue weighted by atomic mass is 35.5. The molecular formula is C12H18Cl2N2O2. The zero-order valence-electron chi connectivity index (χ0n) is 10.4. The molecule has 0 aliphatic heterocycles. The van der Waals surface area contributed by atoms with Crippen molar-refractivity contribution < 1.29 is 9.53 Å². The number of halogens is 2. The molecule has 1 atom stereocenters. The van der Waals surface area contributed by atoms with Gasteiger partial charge in [-0.25, -0.2) is 0 Å². The highest BCUT2D eigenvalue weighted by Crippen LogP contribution is 2.22. The normalized spacial score (nSPS) is 11.6. The second-order valence-electron chi connectivity index (χ2n) is 3.83. The predicted octanol–water partition coefficient (Wildman–Crippen LogP) is 2.37. The van der Waals surface area contributed by atoms with Crippen LogP contribution >= 0.6 is 24.0 Å². The van der Waals surface area contributed by atoms with Crippen LogP contribution in [0.15, 0.2) is 18.2 Å². The first-order chi connectivity index (χ1) is 8.06. The minimum atomic E-state index is -0.265. The second kappa shape index (κ2) is 8.32. The summed E-state index contributed by atoms with van der Waals surface area (Å²) in [5.41, 5.74) is 7.10. The van der Waals surface area contributed by atoms with E-state index in [0.717, 1.165) is 5.56 Å². The molecule has 0 aliphatic rings. The Bertz CT molecular complexity index is 396. The quantitative estimate of drug-likeness (QED) is 0.876. The van der Waals surface area contributed by atoms with Gasteiger partial charge >= 0.3 is 0 Å².